The first-order chi connectivity index (χ1) is 14.7. The third-order valence-corrected chi connectivity index (χ3v) is 6.11. The number of pyridine rings is 1. The first-order valence-electron chi connectivity index (χ1n) is 10.2. The van der Waals surface area contributed by atoms with Crippen molar-refractivity contribution in [2.75, 3.05) is 27.3 Å². The summed E-state index contributed by atoms with van der Waals surface area (Å²) in [6.07, 6.45) is 4.71. The molecule has 1 atom stereocenters. The highest BCUT2D eigenvalue weighted by Gasteiger charge is 2.43. The Morgan fingerprint density at radius 2 is 1.93 bits per heavy atom. The van der Waals surface area contributed by atoms with Crippen LogP contribution >= 0.6 is 0 Å². The SMILES string of the molecule is COc1ccc(-c2cnc3n2C[C@@]2(CCN(Cc4cccnc4OC)C2)OC3)cc1. The molecule has 0 amide bonds. The van der Waals surface area contributed by atoms with E-state index in [0.29, 0.717) is 12.5 Å². The average molecular weight is 406 g/mol. The van der Waals surface area contributed by atoms with Crippen LogP contribution < -0.4 is 9.47 Å². The minimum absolute atomic E-state index is 0.190. The Morgan fingerprint density at radius 3 is 2.73 bits per heavy atom. The molecule has 0 radical (unpaired) electrons. The molecule has 2 aliphatic heterocycles. The molecule has 4 heterocycles. The van der Waals surface area contributed by atoms with Crippen LogP contribution in [-0.2, 0) is 24.4 Å². The maximum Gasteiger partial charge on any atom is 0.217 e. The number of fused-ring (bicyclic) bond motifs is 1. The number of benzene rings is 1. The maximum absolute atomic E-state index is 6.37. The monoisotopic (exact) mass is 406 g/mol. The Morgan fingerprint density at radius 1 is 1.07 bits per heavy atom. The summed E-state index contributed by atoms with van der Waals surface area (Å²) in [5.41, 5.74) is 3.18. The van der Waals surface area contributed by atoms with Crippen molar-refractivity contribution in [1.29, 1.82) is 0 Å². The van der Waals surface area contributed by atoms with Crippen LogP contribution in [0.15, 0.2) is 48.8 Å². The van der Waals surface area contributed by atoms with E-state index in [-0.39, 0.29) is 5.60 Å². The van der Waals surface area contributed by atoms with E-state index in [4.69, 9.17) is 14.2 Å². The number of rotatable bonds is 5. The van der Waals surface area contributed by atoms with E-state index < -0.39 is 0 Å². The zero-order valence-corrected chi connectivity index (χ0v) is 17.4. The number of ether oxygens (including phenoxy) is 3. The number of hydrogen-bond acceptors (Lipinski definition) is 6. The van der Waals surface area contributed by atoms with Gasteiger partial charge in [0.1, 0.15) is 23.8 Å². The summed E-state index contributed by atoms with van der Waals surface area (Å²) in [6.45, 7) is 4.03. The summed E-state index contributed by atoms with van der Waals surface area (Å²) in [7, 11) is 3.35. The van der Waals surface area contributed by atoms with Crippen molar-refractivity contribution in [2.45, 2.75) is 31.7 Å². The summed E-state index contributed by atoms with van der Waals surface area (Å²) in [6, 6.07) is 12.2. The van der Waals surface area contributed by atoms with Crippen molar-refractivity contribution in [1.82, 2.24) is 19.4 Å². The number of imidazole rings is 1. The first kappa shape index (κ1) is 19.1. The molecule has 0 bridgehead atoms. The Balaban J connectivity index is 1.35. The summed E-state index contributed by atoms with van der Waals surface area (Å²) in [4.78, 5) is 11.4. The van der Waals surface area contributed by atoms with Gasteiger partial charge in [-0.1, -0.05) is 6.07 Å². The zero-order valence-electron chi connectivity index (χ0n) is 17.4. The molecule has 0 saturated carbocycles. The Hall–Kier alpha value is -2.90. The van der Waals surface area contributed by atoms with Crippen LogP contribution in [0.2, 0.25) is 0 Å². The minimum Gasteiger partial charge on any atom is -0.497 e. The lowest BCUT2D eigenvalue weighted by molar-refractivity contribution is -0.0821. The molecule has 1 spiro atoms. The third-order valence-electron chi connectivity index (χ3n) is 6.11. The lowest BCUT2D eigenvalue weighted by atomic mass is 10.0. The van der Waals surface area contributed by atoms with Gasteiger partial charge in [-0.3, -0.25) is 4.90 Å². The highest BCUT2D eigenvalue weighted by Crippen LogP contribution is 2.36. The van der Waals surface area contributed by atoms with E-state index >= 15 is 0 Å². The summed E-state index contributed by atoms with van der Waals surface area (Å²) in [5.74, 6) is 2.54. The zero-order chi connectivity index (χ0) is 20.6. The molecule has 30 heavy (non-hydrogen) atoms. The Labute approximate surface area is 176 Å². The van der Waals surface area contributed by atoms with Gasteiger partial charge in [-0.2, -0.15) is 0 Å². The quantitative estimate of drug-likeness (QED) is 0.649. The fourth-order valence-electron chi connectivity index (χ4n) is 4.53. The van der Waals surface area contributed by atoms with Crippen LogP contribution in [-0.4, -0.2) is 52.3 Å². The largest absolute Gasteiger partial charge is 0.497 e. The molecule has 1 fully saturated rings. The summed E-state index contributed by atoms with van der Waals surface area (Å²) >= 11 is 0. The molecule has 1 saturated heterocycles. The van der Waals surface area contributed by atoms with Gasteiger partial charge in [0.25, 0.3) is 0 Å². The van der Waals surface area contributed by atoms with E-state index in [9.17, 15) is 0 Å². The van der Waals surface area contributed by atoms with Crippen LogP contribution in [0.4, 0.5) is 0 Å². The highest BCUT2D eigenvalue weighted by atomic mass is 16.5. The minimum atomic E-state index is -0.190. The molecule has 1 aromatic carbocycles. The maximum atomic E-state index is 6.37. The van der Waals surface area contributed by atoms with E-state index in [1.165, 1.54) is 0 Å². The van der Waals surface area contributed by atoms with Crippen LogP contribution in [0.5, 0.6) is 11.6 Å². The van der Waals surface area contributed by atoms with Gasteiger partial charge in [0.2, 0.25) is 5.88 Å². The van der Waals surface area contributed by atoms with Crippen LogP contribution in [0, 0.1) is 0 Å². The van der Waals surface area contributed by atoms with Gasteiger partial charge in [0.15, 0.2) is 0 Å². The lowest BCUT2D eigenvalue weighted by Crippen LogP contribution is -2.44. The molecule has 156 valence electrons. The third kappa shape index (κ3) is 3.44. The second kappa shape index (κ2) is 7.74. The van der Waals surface area contributed by atoms with Crippen LogP contribution in [0.1, 0.15) is 17.8 Å². The summed E-state index contributed by atoms with van der Waals surface area (Å²) < 4.78 is 19.4. The predicted molar refractivity (Wildman–Crippen MR) is 112 cm³/mol. The fraction of sp³-hybridized carbons (Fsp3) is 0.391. The van der Waals surface area contributed by atoms with Crippen LogP contribution in [0.25, 0.3) is 11.3 Å². The Bertz CT molecular complexity index is 1030. The van der Waals surface area contributed by atoms with Gasteiger partial charge in [-0.05, 0) is 36.8 Å². The standard InChI is InChI=1S/C23H26N4O3/c1-28-19-7-5-17(6-8-19)20-12-25-21-14-30-23(16-27(20)21)9-11-26(15-23)13-18-4-3-10-24-22(18)29-2/h3-8,10,12H,9,11,13-16H2,1-2H3/t23-/m0/s1. The second-order valence-electron chi connectivity index (χ2n) is 7.98. The molecular weight excluding hydrogens is 380 g/mol. The molecule has 3 aromatic rings. The van der Waals surface area contributed by atoms with Gasteiger partial charge in [-0.15, -0.1) is 0 Å². The highest BCUT2D eigenvalue weighted by molar-refractivity contribution is 5.60. The van der Waals surface area contributed by atoms with Crippen molar-refractivity contribution in [3.63, 3.8) is 0 Å². The molecule has 2 aliphatic rings. The molecule has 5 rings (SSSR count). The molecule has 2 aromatic heterocycles. The number of aromatic nitrogens is 3. The molecule has 7 heteroatoms. The van der Waals surface area contributed by atoms with Gasteiger partial charge in [0, 0.05) is 37.0 Å². The van der Waals surface area contributed by atoms with Crippen LogP contribution in [0.3, 0.4) is 0 Å². The van der Waals surface area contributed by atoms with Crippen molar-refractivity contribution in [3.05, 3.63) is 60.2 Å². The van der Waals surface area contributed by atoms with E-state index in [1.54, 1.807) is 20.4 Å². The van der Waals surface area contributed by atoms with E-state index in [2.05, 4.69) is 37.6 Å². The van der Waals surface area contributed by atoms with Crippen molar-refractivity contribution in [2.24, 2.45) is 0 Å². The smallest absolute Gasteiger partial charge is 0.217 e. The van der Waals surface area contributed by atoms with E-state index in [1.807, 2.05) is 24.4 Å². The first-order valence-corrected chi connectivity index (χ1v) is 10.2. The number of likely N-dealkylation sites (tertiary alicyclic amines) is 1. The number of nitrogens with zero attached hydrogens (tertiary/aromatic N) is 4. The second-order valence-corrected chi connectivity index (χ2v) is 7.98. The topological polar surface area (TPSA) is 61.6 Å². The van der Waals surface area contributed by atoms with Gasteiger partial charge >= 0.3 is 0 Å². The normalized spacial score (nSPS) is 21.0. The average Bonchev–Trinajstić information content (AvgIpc) is 3.38. The number of hydrogen-bond donors (Lipinski definition) is 0. The fourth-order valence-corrected chi connectivity index (χ4v) is 4.53. The summed E-state index contributed by atoms with van der Waals surface area (Å²) in [5, 5.41) is 0. The van der Waals surface area contributed by atoms with Crippen molar-refractivity contribution >= 4 is 0 Å². The Kier molecular flexibility index (Phi) is 4.92. The molecule has 0 aliphatic carbocycles. The molecule has 0 N–H and O–H groups in total. The van der Waals surface area contributed by atoms with Gasteiger partial charge < -0.3 is 18.8 Å². The van der Waals surface area contributed by atoms with Crippen molar-refractivity contribution in [3.8, 4) is 22.9 Å². The number of methoxy groups -OCH3 is 2. The van der Waals surface area contributed by atoms with Crippen molar-refractivity contribution < 1.29 is 14.2 Å². The van der Waals surface area contributed by atoms with Gasteiger partial charge in [-0.25, -0.2) is 9.97 Å². The van der Waals surface area contributed by atoms with E-state index in [0.717, 1.165) is 61.0 Å². The lowest BCUT2D eigenvalue weighted by Gasteiger charge is -2.35. The molecular formula is C23H26N4O3. The molecule has 7 nitrogen and oxygen atoms in total. The predicted octanol–water partition coefficient (Wildman–Crippen LogP) is 3.14. The molecule has 0 unspecified atom stereocenters. The van der Waals surface area contributed by atoms with Gasteiger partial charge in [0.05, 0.1) is 32.7 Å².